The zero-order valence-corrected chi connectivity index (χ0v) is 19.9. The van der Waals surface area contributed by atoms with Crippen molar-refractivity contribution in [3.8, 4) is 0 Å². The molecule has 8 nitrogen and oxygen atoms in total. The average molecular weight is 500 g/mol. The Hall–Kier alpha value is -3.02. The van der Waals surface area contributed by atoms with E-state index in [0.29, 0.717) is 21.4 Å². The second kappa shape index (κ2) is 8.73. The average Bonchev–Trinajstić information content (AvgIpc) is 3.33. The van der Waals surface area contributed by atoms with Crippen LogP contribution in [0.15, 0.2) is 46.8 Å². The third kappa shape index (κ3) is 4.43. The second-order valence-electron chi connectivity index (χ2n) is 7.77. The van der Waals surface area contributed by atoms with Gasteiger partial charge >= 0.3 is 0 Å². The number of amides is 1. The van der Waals surface area contributed by atoms with Crippen LogP contribution in [-0.2, 0) is 22.9 Å². The third-order valence-electron chi connectivity index (χ3n) is 5.53. The van der Waals surface area contributed by atoms with Gasteiger partial charge in [0, 0.05) is 28.3 Å². The second-order valence-corrected chi connectivity index (χ2v) is 11.3. The third-order valence-corrected chi connectivity index (χ3v) is 8.82. The van der Waals surface area contributed by atoms with Crippen molar-refractivity contribution in [3.63, 3.8) is 0 Å². The van der Waals surface area contributed by atoms with E-state index in [1.54, 1.807) is 5.38 Å². The van der Waals surface area contributed by atoms with Gasteiger partial charge < -0.3 is 11.1 Å². The first-order valence-corrected chi connectivity index (χ1v) is 13.6. The molecule has 3 aromatic heterocycles. The zero-order chi connectivity index (χ0) is 23.0. The predicted octanol–water partition coefficient (Wildman–Crippen LogP) is 4.66. The van der Waals surface area contributed by atoms with Crippen molar-refractivity contribution < 1.29 is 13.2 Å². The molecule has 33 heavy (non-hydrogen) atoms. The number of anilines is 3. The van der Waals surface area contributed by atoms with E-state index in [1.165, 1.54) is 65.1 Å². The summed E-state index contributed by atoms with van der Waals surface area (Å²) in [6.07, 6.45) is 6.94. The molecule has 0 fully saturated rings. The lowest BCUT2D eigenvalue weighted by atomic mass is 10.1. The van der Waals surface area contributed by atoms with Crippen molar-refractivity contribution in [2.24, 2.45) is 0 Å². The standard InChI is InChI=1S/C22H21N5O3S3/c23-18-16-12-13-4-2-1-3-5-17(13)26-21(16)32-19(18)20(28)25-14-6-8-15(9-7-14)33(29,30)27-22-24-10-11-31-22/h6-12H,1-5,23H2,(H,24,27)(H,25,28). The lowest BCUT2D eigenvalue weighted by Crippen LogP contribution is -2.14. The topological polar surface area (TPSA) is 127 Å². The number of sulfonamides is 1. The van der Waals surface area contributed by atoms with E-state index in [-0.39, 0.29) is 10.8 Å². The number of fused-ring (bicyclic) bond motifs is 2. The molecule has 5 rings (SSSR count). The van der Waals surface area contributed by atoms with Crippen LogP contribution in [0, 0.1) is 0 Å². The Morgan fingerprint density at radius 3 is 2.64 bits per heavy atom. The summed E-state index contributed by atoms with van der Waals surface area (Å²) in [7, 11) is -3.76. The van der Waals surface area contributed by atoms with E-state index in [9.17, 15) is 13.2 Å². The summed E-state index contributed by atoms with van der Waals surface area (Å²) in [5.74, 6) is -0.345. The fourth-order valence-corrected chi connectivity index (χ4v) is 6.64. The van der Waals surface area contributed by atoms with Crippen LogP contribution >= 0.6 is 22.7 Å². The van der Waals surface area contributed by atoms with Gasteiger partial charge in [-0.1, -0.05) is 6.42 Å². The van der Waals surface area contributed by atoms with E-state index >= 15 is 0 Å². The maximum absolute atomic E-state index is 12.9. The summed E-state index contributed by atoms with van der Waals surface area (Å²) in [5, 5.41) is 5.60. The minimum absolute atomic E-state index is 0.0720. The number of hydrogen-bond donors (Lipinski definition) is 3. The van der Waals surface area contributed by atoms with Crippen LogP contribution in [0.4, 0.5) is 16.5 Å². The first-order valence-electron chi connectivity index (χ1n) is 10.5. The number of nitrogens with two attached hydrogens (primary N) is 1. The maximum atomic E-state index is 12.9. The quantitative estimate of drug-likeness (QED) is 0.343. The lowest BCUT2D eigenvalue weighted by molar-refractivity contribution is 0.103. The fraction of sp³-hybridized carbons (Fsp3) is 0.227. The number of nitrogens with zero attached hydrogens (tertiary/aromatic N) is 2. The van der Waals surface area contributed by atoms with Gasteiger partial charge in [-0.2, -0.15) is 0 Å². The van der Waals surface area contributed by atoms with Gasteiger partial charge in [0.2, 0.25) is 0 Å². The number of carbonyl (C=O) groups is 1. The minimum atomic E-state index is -3.76. The molecule has 0 radical (unpaired) electrons. The van der Waals surface area contributed by atoms with E-state index < -0.39 is 10.0 Å². The van der Waals surface area contributed by atoms with Crippen LogP contribution in [0.3, 0.4) is 0 Å². The Kier molecular flexibility index (Phi) is 5.77. The van der Waals surface area contributed by atoms with Crippen molar-refractivity contribution in [3.05, 3.63) is 58.0 Å². The highest BCUT2D eigenvalue weighted by atomic mass is 32.2. The Morgan fingerprint density at radius 2 is 1.88 bits per heavy atom. The van der Waals surface area contributed by atoms with Crippen molar-refractivity contribution in [1.29, 1.82) is 0 Å². The SMILES string of the molecule is Nc1c(C(=O)Nc2ccc(S(=O)(=O)Nc3nccs3)cc2)sc2nc3c(cc12)CCCCC3. The number of thiazole rings is 1. The number of aryl methyl sites for hydroxylation is 2. The first kappa shape index (κ1) is 21.8. The number of nitrogen functional groups attached to an aromatic ring is 1. The molecule has 0 spiro atoms. The van der Waals surface area contributed by atoms with Crippen molar-refractivity contribution >= 4 is 65.3 Å². The van der Waals surface area contributed by atoms with Gasteiger partial charge in [0.25, 0.3) is 15.9 Å². The van der Waals surface area contributed by atoms with Crippen molar-refractivity contribution in [1.82, 2.24) is 9.97 Å². The van der Waals surface area contributed by atoms with Gasteiger partial charge in [0.05, 0.1) is 10.6 Å². The Labute approximate surface area is 198 Å². The smallest absolute Gasteiger partial charge is 0.267 e. The van der Waals surface area contributed by atoms with Crippen LogP contribution in [0.2, 0.25) is 0 Å². The summed E-state index contributed by atoms with van der Waals surface area (Å²) >= 11 is 2.47. The van der Waals surface area contributed by atoms with Gasteiger partial charge in [0.15, 0.2) is 5.13 Å². The van der Waals surface area contributed by atoms with Crippen molar-refractivity contribution in [2.45, 2.75) is 37.0 Å². The summed E-state index contributed by atoms with van der Waals surface area (Å²) in [6, 6.07) is 8.02. The predicted molar refractivity (Wildman–Crippen MR) is 133 cm³/mol. The molecule has 4 aromatic rings. The first-order chi connectivity index (χ1) is 15.9. The summed E-state index contributed by atoms with van der Waals surface area (Å²) in [6.45, 7) is 0. The van der Waals surface area contributed by atoms with E-state index in [4.69, 9.17) is 10.7 Å². The van der Waals surface area contributed by atoms with Gasteiger partial charge in [-0.3, -0.25) is 9.52 Å². The van der Waals surface area contributed by atoms with E-state index in [1.807, 2.05) is 0 Å². The molecule has 0 aliphatic heterocycles. The molecule has 0 atom stereocenters. The molecule has 1 aromatic carbocycles. The fourth-order valence-electron chi connectivity index (χ4n) is 3.86. The monoisotopic (exact) mass is 499 g/mol. The molecule has 1 aliphatic carbocycles. The summed E-state index contributed by atoms with van der Waals surface area (Å²) in [5.41, 5.74) is 9.55. The number of thiophene rings is 1. The summed E-state index contributed by atoms with van der Waals surface area (Å²) < 4.78 is 27.4. The molecule has 0 saturated heterocycles. The largest absolute Gasteiger partial charge is 0.397 e. The number of nitrogens with one attached hydrogen (secondary N) is 2. The van der Waals surface area contributed by atoms with E-state index in [2.05, 4.69) is 21.1 Å². The highest BCUT2D eigenvalue weighted by molar-refractivity contribution is 7.93. The Bertz CT molecular complexity index is 1430. The molecule has 170 valence electrons. The zero-order valence-electron chi connectivity index (χ0n) is 17.5. The highest BCUT2D eigenvalue weighted by Crippen LogP contribution is 2.35. The molecular weight excluding hydrogens is 478 g/mol. The van der Waals surface area contributed by atoms with E-state index in [0.717, 1.165) is 41.6 Å². The number of benzene rings is 1. The molecule has 11 heteroatoms. The van der Waals surface area contributed by atoms with Crippen LogP contribution in [0.25, 0.3) is 10.2 Å². The van der Waals surface area contributed by atoms with Crippen molar-refractivity contribution in [2.75, 3.05) is 15.8 Å². The minimum Gasteiger partial charge on any atom is -0.397 e. The molecule has 0 saturated carbocycles. The highest BCUT2D eigenvalue weighted by Gasteiger charge is 2.21. The normalized spacial score (nSPS) is 13.9. The van der Waals surface area contributed by atoms with Crippen LogP contribution < -0.4 is 15.8 Å². The van der Waals surface area contributed by atoms with Gasteiger partial charge in [-0.05, 0) is 61.6 Å². The molecule has 0 unspecified atom stereocenters. The van der Waals surface area contributed by atoms with Gasteiger partial charge in [-0.25, -0.2) is 18.4 Å². The Morgan fingerprint density at radius 1 is 1.09 bits per heavy atom. The number of hydrogen-bond acceptors (Lipinski definition) is 8. The number of carbonyl (C=O) groups excluding carboxylic acids is 1. The number of rotatable bonds is 5. The van der Waals surface area contributed by atoms with Gasteiger partial charge in [0.1, 0.15) is 9.71 Å². The van der Waals surface area contributed by atoms with Crippen LogP contribution in [-0.4, -0.2) is 24.3 Å². The molecule has 4 N–H and O–H groups in total. The summed E-state index contributed by atoms with van der Waals surface area (Å²) in [4.78, 5) is 22.9. The molecule has 1 aliphatic rings. The molecule has 1 amide bonds. The number of pyridine rings is 1. The lowest BCUT2D eigenvalue weighted by Gasteiger charge is -2.08. The van der Waals surface area contributed by atoms with Crippen LogP contribution in [0.1, 0.15) is 40.2 Å². The van der Waals surface area contributed by atoms with Crippen LogP contribution in [0.5, 0.6) is 0 Å². The maximum Gasteiger partial charge on any atom is 0.267 e. The Balaban J connectivity index is 1.35. The molecular formula is C22H21N5O3S3. The van der Waals surface area contributed by atoms with Gasteiger partial charge in [-0.15, -0.1) is 22.7 Å². The molecule has 0 bridgehead atoms. The number of aromatic nitrogens is 2. The molecule has 3 heterocycles.